The number of nitrogens with zero attached hydrogens (tertiary/aromatic N) is 1. The molecule has 10 heteroatoms. The molecule has 3 N–H and O–H groups in total. The van der Waals surface area contributed by atoms with Crippen molar-refractivity contribution in [2.75, 3.05) is 11.1 Å². The van der Waals surface area contributed by atoms with Crippen LogP contribution in [0.1, 0.15) is 21.5 Å². The van der Waals surface area contributed by atoms with Gasteiger partial charge in [0.1, 0.15) is 11.6 Å². The highest BCUT2D eigenvalue weighted by Gasteiger charge is 2.47. The van der Waals surface area contributed by atoms with Gasteiger partial charge >= 0.3 is 5.51 Å². The molecule has 3 aromatic rings. The van der Waals surface area contributed by atoms with E-state index < -0.39 is 26.1 Å². The standard InChI is InChI=1S/C21H18F3N3O3S/c1-12-3-6-14(7-4-12)20(28)27-18-10-9-16(19(25)26-18)17-11-15(8-5-13(17)2)31(29,30)21(22,23)24/h3-11H,1-2H3,(H3,25,26,27,28). The van der Waals surface area contributed by atoms with Crippen LogP contribution in [0.25, 0.3) is 11.1 Å². The lowest BCUT2D eigenvalue weighted by atomic mass is 10.0. The molecular formula is C21H18F3N3O3S. The molecule has 6 nitrogen and oxygen atoms in total. The third kappa shape index (κ3) is 4.53. The molecule has 0 saturated carbocycles. The van der Waals surface area contributed by atoms with Crippen LogP contribution in [0.15, 0.2) is 59.5 Å². The number of nitrogens with one attached hydrogen (secondary N) is 1. The Morgan fingerprint density at radius 2 is 1.61 bits per heavy atom. The second-order valence-corrected chi connectivity index (χ2v) is 8.82. The molecule has 0 atom stereocenters. The van der Waals surface area contributed by atoms with E-state index in [1.807, 2.05) is 6.92 Å². The smallest absolute Gasteiger partial charge is 0.383 e. The maximum Gasteiger partial charge on any atom is 0.501 e. The van der Waals surface area contributed by atoms with Crippen LogP contribution in [0.2, 0.25) is 0 Å². The number of rotatable bonds is 4. The number of amides is 1. The quantitative estimate of drug-likeness (QED) is 0.611. The Morgan fingerprint density at radius 1 is 0.968 bits per heavy atom. The maximum atomic E-state index is 12.9. The number of hydrogen-bond donors (Lipinski definition) is 2. The lowest BCUT2D eigenvalue weighted by Crippen LogP contribution is -2.23. The molecule has 3 rings (SSSR count). The highest BCUT2D eigenvalue weighted by atomic mass is 32.2. The number of aromatic nitrogens is 1. The van der Waals surface area contributed by atoms with E-state index in [0.717, 1.165) is 17.7 Å². The lowest BCUT2D eigenvalue weighted by molar-refractivity contribution is -0.0436. The number of carbonyl (C=O) groups excluding carboxylic acids is 1. The number of hydrogen-bond acceptors (Lipinski definition) is 5. The first-order valence-corrected chi connectivity index (χ1v) is 10.5. The van der Waals surface area contributed by atoms with Gasteiger partial charge in [-0.3, -0.25) is 4.79 Å². The van der Waals surface area contributed by atoms with Crippen LogP contribution in [-0.4, -0.2) is 24.8 Å². The van der Waals surface area contributed by atoms with Gasteiger partial charge in [0.25, 0.3) is 15.7 Å². The van der Waals surface area contributed by atoms with Crippen LogP contribution in [0.3, 0.4) is 0 Å². The molecule has 0 aliphatic carbocycles. The van der Waals surface area contributed by atoms with E-state index in [4.69, 9.17) is 5.73 Å². The summed E-state index contributed by atoms with van der Waals surface area (Å²) < 4.78 is 62.2. The van der Waals surface area contributed by atoms with Crippen molar-refractivity contribution in [3.63, 3.8) is 0 Å². The molecule has 0 saturated heterocycles. The Bertz CT molecular complexity index is 1260. The van der Waals surface area contributed by atoms with Gasteiger partial charge in [0.05, 0.1) is 4.90 Å². The molecule has 162 valence electrons. The van der Waals surface area contributed by atoms with Crippen molar-refractivity contribution in [1.29, 1.82) is 0 Å². The molecule has 31 heavy (non-hydrogen) atoms. The van der Waals surface area contributed by atoms with Crippen molar-refractivity contribution in [2.24, 2.45) is 0 Å². The Balaban J connectivity index is 1.94. The molecule has 0 fully saturated rings. The van der Waals surface area contributed by atoms with E-state index >= 15 is 0 Å². The summed E-state index contributed by atoms with van der Waals surface area (Å²) in [6, 6.07) is 12.8. The van der Waals surface area contributed by atoms with Crippen LogP contribution < -0.4 is 11.1 Å². The lowest BCUT2D eigenvalue weighted by Gasteiger charge is -2.14. The number of sulfone groups is 1. The van der Waals surface area contributed by atoms with E-state index in [1.54, 1.807) is 31.2 Å². The van der Waals surface area contributed by atoms with Gasteiger partial charge in [-0.2, -0.15) is 13.2 Å². The van der Waals surface area contributed by atoms with Gasteiger partial charge in [-0.1, -0.05) is 23.8 Å². The number of carbonyl (C=O) groups is 1. The van der Waals surface area contributed by atoms with Gasteiger partial charge in [-0.15, -0.1) is 0 Å². The Morgan fingerprint density at radius 3 is 2.19 bits per heavy atom. The number of alkyl halides is 3. The van der Waals surface area contributed by atoms with Gasteiger partial charge in [0.2, 0.25) is 0 Å². The fraction of sp³-hybridized carbons (Fsp3) is 0.143. The van der Waals surface area contributed by atoms with E-state index in [2.05, 4.69) is 10.3 Å². The van der Waals surface area contributed by atoms with Gasteiger partial charge in [0.15, 0.2) is 0 Å². The first-order chi connectivity index (χ1) is 14.4. The monoisotopic (exact) mass is 449 g/mol. The van der Waals surface area contributed by atoms with Crippen LogP contribution >= 0.6 is 0 Å². The molecule has 1 amide bonds. The minimum atomic E-state index is -5.51. The van der Waals surface area contributed by atoms with Gasteiger partial charge in [-0.05, 0) is 61.4 Å². The van der Waals surface area contributed by atoms with Crippen molar-refractivity contribution in [2.45, 2.75) is 24.3 Å². The maximum absolute atomic E-state index is 12.9. The molecule has 0 aliphatic heterocycles. The summed E-state index contributed by atoms with van der Waals surface area (Å²) in [7, 11) is -5.51. The summed E-state index contributed by atoms with van der Waals surface area (Å²) in [5, 5.41) is 2.59. The zero-order valence-corrected chi connectivity index (χ0v) is 17.3. The Kier molecular flexibility index (Phi) is 5.77. The summed E-state index contributed by atoms with van der Waals surface area (Å²) in [5.41, 5.74) is 2.88. The molecule has 0 radical (unpaired) electrons. The van der Waals surface area contributed by atoms with Crippen molar-refractivity contribution in [1.82, 2.24) is 4.98 Å². The highest BCUT2D eigenvalue weighted by molar-refractivity contribution is 7.92. The van der Waals surface area contributed by atoms with E-state index in [1.165, 1.54) is 18.2 Å². The predicted octanol–water partition coefficient (Wildman–Crippen LogP) is 4.49. The number of aryl methyl sites for hydroxylation is 2. The second kappa shape index (κ2) is 8.03. The molecular weight excluding hydrogens is 431 g/mol. The Labute approximate surface area is 176 Å². The normalized spacial score (nSPS) is 11.9. The Hall–Kier alpha value is -3.40. The van der Waals surface area contributed by atoms with Gasteiger partial charge < -0.3 is 11.1 Å². The number of halogens is 3. The predicted molar refractivity (Wildman–Crippen MR) is 111 cm³/mol. The third-order valence-electron chi connectivity index (χ3n) is 4.59. The zero-order valence-electron chi connectivity index (χ0n) is 16.5. The van der Waals surface area contributed by atoms with Crippen LogP contribution in [0.4, 0.5) is 24.8 Å². The number of nitrogens with two attached hydrogens (primary N) is 1. The number of anilines is 2. The summed E-state index contributed by atoms with van der Waals surface area (Å²) in [5.74, 6) is -0.344. The number of benzene rings is 2. The minimum Gasteiger partial charge on any atom is -0.383 e. The van der Waals surface area contributed by atoms with E-state index in [0.29, 0.717) is 11.1 Å². The van der Waals surface area contributed by atoms with Crippen molar-refractivity contribution < 1.29 is 26.4 Å². The summed E-state index contributed by atoms with van der Waals surface area (Å²) in [6.07, 6.45) is 0. The molecule has 0 bridgehead atoms. The molecule has 0 spiro atoms. The highest BCUT2D eigenvalue weighted by Crippen LogP contribution is 2.35. The van der Waals surface area contributed by atoms with Crippen LogP contribution in [0.5, 0.6) is 0 Å². The van der Waals surface area contributed by atoms with Crippen LogP contribution in [-0.2, 0) is 9.84 Å². The number of nitrogen functional groups attached to an aromatic ring is 1. The summed E-state index contributed by atoms with van der Waals surface area (Å²) >= 11 is 0. The first kappa shape index (κ1) is 22.3. The molecule has 1 heterocycles. The van der Waals surface area contributed by atoms with Gasteiger partial charge in [0, 0.05) is 11.1 Å². The van der Waals surface area contributed by atoms with Crippen molar-refractivity contribution in [3.05, 3.63) is 71.3 Å². The van der Waals surface area contributed by atoms with Gasteiger partial charge in [-0.25, -0.2) is 13.4 Å². The van der Waals surface area contributed by atoms with E-state index in [-0.39, 0.29) is 22.8 Å². The molecule has 0 unspecified atom stereocenters. The topological polar surface area (TPSA) is 102 Å². The summed E-state index contributed by atoms with van der Waals surface area (Å²) in [4.78, 5) is 15.5. The zero-order chi connectivity index (χ0) is 23.0. The molecule has 0 aliphatic rings. The minimum absolute atomic E-state index is 0.0774. The van der Waals surface area contributed by atoms with Crippen LogP contribution in [0, 0.1) is 13.8 Å². The molecule has 1 aromatic heterocycles. The SMILES string of the molecule is Cc1ccc(C(=O)Nc2ccc(-c3cc(S(=O)(=O)C(F)(F)F)ccc3C)c(N)n2)cc1. The number of pyridine rings is 1. The van der Waals surface area contributed by atoms with E-state index in [9.17, 15) is 26.4 Å². The third-order valence-corrected chi connectivity index (χ3v) is 6.08. The molecule has 2 aromatic carbocycles. The largest absolute Gasteiger partial charge is 0.501 e. The average Bonchev–Trinajstić information content (AvgIpc) is 2.68. The first-order valence-electron chi connectivity index (χ1n) is 8.97. The van der Waals surface area contributed by atoms with Crippen molar-refractivity contribution >= 4 is 27.4 Å². The second-order valence-electron chi connectivity index (χ2n) is 6.88. The fourth-order valence-electron chi connectivity index (χ4n) is 2.86. The summed E-state index contributed by atoms with van der Waals surface area (Å²) in [6.45, 7) is 3.49. The fourth-order valence-corrected chi connectivity index (χ4v) is 3.65. The van der Waals surface area contributed by atoms with Crippen molar-refractivity contribution in [3.8, 4) is 11.1 Å². The average molecular weight is 449 g/mol.